The Morgan fingerprint density at radius 2 is 1.78 bits per heavy atom. The van der Waals surface area contributed by atoms with Crippen molar-refractivity contribution in [2.75, 3.05) is 12.4 Å². The Hall–Kier alpha value is -0.530. The highest BCUT2D eigenvalue weighted by Gasteiger charge is 2.06. The van der Waals surface area contributed by atoms with Crippen molar-refractivity contribution in [3.05, 3.63) is 35.9 Å². The third kappa shape index (κ3) is 7.03. The topological polar surface area (TPSA) is 12.0 Å². The van der Waals surface area contributed by atoms with E-state index in [0.717, 1.165) is 13.0 Å². The lowest BCUT2D eigenvalue weighted by Gasteiger charge is -2.16. The highest BCUT2D eigenvalue weighted by atomic mass is 35.5. The maximum atomic E-state index is 6.02. The lowest BCUT2D eigenvalue weighted by molar-refractivity contribution is 0.517. The van der Waals surface area contributed by atoms with E-state index in [9.17, 15) is 0 Å². The first-order valence-electron chi connectivity index (χ1n) is 7.20. The molecule has 1 atom stereocenters. The molecule has 0 aliphatic rings. The molecule has 18 heavy (non-hydrogen) atoms. The van der Waals surface area contributed by atoms with Gasteiger partial charge in [0.25, 0.3) is 0 Å². The molecule has 1 aromatic rings. The Balaban J connectivity index is 2.14. The minimum atomic E-state index is 0.403. The van der Waals surface area contributed by atoms with Crippen molar-refractivity contribution in [1.29, 1.82) is 0 Å². The lowest BCUT2D eigenvalue weighted by atomic mass is 10.1. The second-order valence-electron chi connectivity index (χ2n) is 4.91. The molecule has 0 aliphatic carbocycles. The number of unbranched alkanes of at least 4 members (excludes halogenated alkanes) is 4. The quantitative estimate of drug-likeness (QED) is 0.490. The van der Waals surface area contributed by atoms with E-state index in [1.807, 2.05) is 0 Å². The molecule has 2 heteroatoms. The van der Waals surface area contributed by atoms with E-state index in [0.29, 0.717) is 11.9 Å². The van der Waals surface area contributed by atoms with Crippen LogP contribution in [0.4, 0.5) is 0 Å². The monoisotopic (exact) mass is 267 g/mol. The Morgan fingerprint density at radius 3 is 2.44 bits per heavy atom. The van der Waals surface area contributed by atoms with Crippen molar-refractivity contribution in [2.24, 2.45) is 0 Å². The molecular weight excluding hydrogens is 242 g/mol. The van der Waals surface area contributed by atoms with Gasteiger partial charge in [0.05, 0.1) is 0 Å². The van der Waals surface area contributed by atoms with Gasteiger partial charge in [0, 0.05) is 11.9 Å². The van der Waals surface area contributed by atoms with E-state index in [-0.39, 0.29) is 0 Å². The Labute approximate surface area is 117 Å². The maximum absolute atomic E-state index is 6.02. The molecule has 1 aromatic carbocycles. The zero-order valence-electron chi connectivity index (χ0n) is 11.5. The maximum Gasteiger partial charge on any atom is 0.0380 e. The van der Waals surface area contributed by atoms with Crippen molar-refractivity contribution in [1.82, 2.24) is 5.32 Å². The zero-order chi connectivity index (χ0) is 13.1. The van der Waals surface area contributed by atoms with E-state index in [4.69, 9.17) is 11.6 Å². The van der Waals surface area contributed by atoms with Gasteiger partial charge in [-0.15, -0.1) is 11.6 Å². The lowest BCUT2D eigenvalue weighted by Crippen LogP contribution is -2.33. The van der Waals surface area contributed by atoms with Crippen molar-refractivity contribution in [3.63, 3.8) is 0 Å². The average molecular weight is 268 g/mol. The summed E-state index contributed by atoms with van der Waals surface area (Å²) in [6.45, 7) is 3.34. The molecule has 0 saturated carbocycles. The summed E-state index contributed by atoms with van der Waals surface area (Å²) in [5, 5.41) is 3.56. The Kier molecular flexibility index (Phi) is 8.97. The van der Waals surface area contributed by atoms with Gasteiger partial charge in [0.1, 0.15) is 0 Å². The first-order valence-corrected chi connectivity index (χ1v) is 7.73. The second-order valence-corrected chi connectivity index (χ2v) is 5.22. The van der Waals surface area contributed by atoms with Crippen LogP contribution in [-0.4, -0.2) is 18.5 Å². The molecule has 0 saturated heterocycles. The minimum absolute atomic E-state index is 0.403. The number of benzene rings is 1. The number of nitrogens with one attached hydrogen (secondary N) is 1. The van der Waals surface area contributed by atoms with E-state index < -0.39 is 0 Å². The SMILES string of the molecule is CCCCCCCNC(CCl)Cc1ccccc1. The predicted octanol–water partition coefficient (Wildman–Crippen LogP) is 4.40. The molecule has 0 amide bonds. The summed E-state index contributed by atoms with van der Waals surface area (Å²) in [7, 11) is 0. The normalized spacial score (nSPS) is 12.6. The summed E-state index contributed by atoms with van der Waals surface area (Å²) in [5.41, 5.74) is 1.36. The van der Waals surface area contributed by atoms with Gasteiger partial charge in [-0.3, -0.25) is 0 Å². The van der Waals surface area contributed by atoms with Crippen LogP contribution in [0.5, 0.6) is 0 Å². The Bertz CT molecular complexity index is 286. The van der Waals surface area contributed by atoms with Gasteiger partial charge in [-0.05, 0) is 24.9 Å². The largest absolute Gasteiger partial charge is 0.312 e. The molecule has 0 radical (unpaired) electrons. The van der Waals surface area contributed by atoms with Crippen LogP contribution in [0.2, 0.25) is 0 Å². The van der Waals surface area contributed by atoms with Gasteiger partial charge in [0.2, 0.25) is 0 Å². The highest BCUT2D eigenvalue weighted by molar-refractivity contribution is 6.18. The number of hydrogen-bond donors (Lipinski definition) is 1. The standard InChI is InChI=1S/C16H26ClN/c1-2-3-4-5-9-12-18-16(14-17)13-15-10-7-6-8-11-15/h6-8,10-11,16,18H,2-5,9,12-14H2,1H3. The molecule has 1 N–H and O–H groups in total. The average Bonchev–Trinajstić information content (AvgIpc) is 2.42. The molecule has 0 aromatic heterocycles. The van der Waals surface area contributed by atoms with Gasteiger partial charge in [-0.1, -0.05) is 62.9 Å². The molecule has 1 nitrogen and oxygen atoms in total. The van der Waals surface area contributed by atoms with Crippen molar-refractivity contribution >= 4 is 11.6 Å². The predicted molar refractivity (Wildman–Crippen MR) is 81.4 cm³/mol. The first kappa shape index (κ1) is 15.5. The Morgan fingerprint density at radius 1 is 1.06 bits per heavy atom. The van der Waals surface area contributed by atoms with Gasteiger partial charge in [0.15, 0.2) is 0 Å². The molecule has 0 bridgehead atoms. The van der Waals surface area contributed by atoms with E-state index >= 15 is 0 Å². The van der Waals surface area contributed by atoms with Gasteiger partial charge >= 0.3 is 0 Å². The van der Waals surface area contributed by atoms with Crippen LogP contribution >= 0.6 is 11.6 Å². The van der Waals surface area contributed by atoms with Gasteiger partial charge < -0.3 is 5.32 Å². The first-order chi connectivity index (χ1) is 8.86. The van der Waals surface area contributed by atoms with E-state index in [1.54, 1.807) is 0 Å². The third-order valence-corrected chi connectivity index (χ3v) is 3.60. The van der Waals surface area contributed by atoms with Crippen LogP contribution in [0, 0.1) is 0 Å². The summed E-state index contributed by atoms with van der Waals surface area (Å²) in [5.74, 6) is 0.684. The number of alkyl halides is 1. The molecule has 0 fully saturated rings. The van der Waals surface area contributed by atoms with Crippen molar-refractivity contribution in [2.45, 2.75) is 51.5 Å². The fraction of sp³-hybridized carbons (Fsp3) is 0.625. The summed E-state index contributed by atoms with van der Waals surface area (Å²) in [6.07, 6.45) is 7.67. The smallest absolute Gasteiger partial charge is 0.0380 e. The fourth-order valence-corrected chi connectivity index (χ4v) is 2.33. The minimum Gasteiger partial charge on any atom is -0.312 e. The van der Waals surface area contributed by atoms with E-state index in [1.165, 1.54) is 37.7 Å². The van der Waals surface area contributed by atoms with Crippen LogP contribution in [0.3, 0.4) is 0 Å². The summed E-state index contributed by atoms with van der Waals surface area (Å²) in [6, 6.07) is 11.0. The zero-order valence-corrected chi connectivity index (χ0v) is 12.3. The summed E-state index contributed by atoms with van der Waals surface area (Å²) in [4.78, 5) is 0. The van der Waals surface area contributed by atoms with Crippen LogP contribution in [0.1, 0.15) is 44.6 Å². The molecule has 1 rings (SSSR count). The summed E-state index contributed by atoms with van der Waals surface area (Å²) < 4.78 is 0. The molecule has 0 heterocycles. The van der Waals surface area contributed by atoms with Crippen LogP contribution in [-0.2, 0) is 6.42 Å². The highest BCUT2D eigenvalue weighted by Crippen LogP contribution is 2.06. The molecular formula is C16H26ClN. The summed E-state index contributed by atoms with van der Waals surface area (Å²) >= 11 is 6.02. The molecule has 0 spiro atoms. The number of rotatable bonds is 10. The molecule has 0 aliphatic heterocycles. The van der Waals surface area contributed by atoms with E-state index in [2.05, 4.69) is 42.6 Å². The molecule has 1 unspecified atom stereocenters. The van der Waals surface area contributed by atoms with Crippen LogP contribution in [0.15, 0.2) is 30.3 Å². The fourth-order valence-electron chi connectivity index (χ4n) is 2.11. The van der Waals surface area contributed by atoms with Crippen LogP contribution < -0.4 is 5.32 Å². The van der Waals surface area contributed by atoms with Gasteiger partial charge in [-0.25, -0.2) is 0 Å². The molecule has 102 valence electrons. The second kappa shape index (κ2) is 10.4. The van der Waals surface area contributed by atoms with Crippen molar-refractivity contribution < 1.29 is 0 Å². The van der Waals surface area contributed by atoms with Crippen molar-refractivity contribution in [3.8, 4) is 0 Å². The third-order valence-electron chi connectivity index (χ3n) is 3.22. The van der Waals surface area contributed by atoms with Gasteiger partial charge in [-0.2, -0.15) is 0 Å². The number of halogens is 1. The van der Waals surface area contributed by atoms with Crippen LogP contribution in [0.25, 0.3) is 0 Å². The number of hydrogen-bond acceptors (Lipinski definition) is 1.